The minimum absolute atomic E-state index is 0.319. The lowest BCUT2D eigenvalue weighted by atomic mass is 10.1. The van der Waals surface area contributed by atoms with Gasteiger partial charge >= 0.3 is 0 Å². The summed E-state index contributed by atoms with van der Waals surface area (Å²) >= 11 is 1.73. The summed E-state index contributed by atoms with van der Waals surface area (Å²) in [6, 6.07) is 14.5. The molecule has 1 heterocycles. The lowest BCUT2D eigenvalue weighted by Crippen LogP contribution is -1.97. The van der Waals surface area contributed by atoms with E-state index in [0.717, 1.165) is 24.1 Å². The Morgan fingerprint density at radius 3 is 2.53 bits per heavy atom. The number of aryl methyl sites for hydroxylation is 2. The third kappa shape index (κ3) is 3.42. The van der Waals surface area contributed by atoms with Crippen molar-refractivity contribution < 1.29 is 5.11 Å². The molecule has 2 rings (SSSR count). The second-order valence-electron chi connectivity index (χ2n) is 4.20. The van der Waals surface area contributed by atoms with Crippen molar-refractivity contribution in [3.8, 4) is 0 Å². The predicted molar refractivity (Wildman–Crippen MR) is 73.4 cm³/mol. The summed E-state index contributed by atoms with van der Waals surface area (Å²) in [5.74, 6) is 0. The number of hydrogen-bond acceptors (Lipinski definition) is 2. The monoisotopic (exact) mass is 246 g/mol. The van der Waals surface area contributed by atoms with Crippen LogP contribution in [0.25, 0.3) is 0 Å². The van der Waals surface area contributed by atoms with Crippen LogP contribution in [0.3, 0.4) is 0 Å². The average molecular weight is 246 g/mol. The zero-order valence-corrected chi connectivity index (χ0v) is 10.9. The molecule has 1 aromatic heterocycles. The smallest absolute Gasteiger partial charge is 0.0885 e. The number of aliphatic hydroxyl groups excluding tert-OH is 1. The molecule has 2 heteroatoms. The number of rotatable bonds is 5. The molecule has 0 spiro atoms. The van der Waals surface area contributed by atoms with Gasteiger partial charge in [-0.05, 0) is 37.0 Å². The molecule has 17 heavy (non-hydrogen) atoms. The topological polar surface area (TPSA) is 20.2 Å². The second kappa shape index (κ2) is 5.99. The van der Waals surface area contributed by atoms with E-state index in [9.17, 15) is 5.11 Å². The highest BCUT2D eigenvalue weighted by Gasteiger charge is 2.10. The maximum absolute atomic E-state index is 10.1. The van der Waals surface area contributed by atoms with Gasteiger partial charge in [0.2, 0.25) is 0 Å². The average Bonchev–Trinajstić information content (AvgIpc) is 2.86. The van der Waals surface area contributed by atoms with E-state index in [4.69, 9.17) is 0 Å². The molecule has 1 N–H and O–H groups in total. The van der Waals surface area contributed by atoms with Crippen molar-refractivity contribution in [2.45, 2.75) is 32.3 Å². The van der Waals surface area contributed by atoms with Crippen LogP contribution in [0.2, 0.25) is 0 Å². The molecule has 2 aromatic rings. The van der Waals surface area contributed by atoms with E-state index in [2.05, 4.69) is 31.2 Å². The molecule has 1 aromatic carbocycles. The molecule has 0 aliphatic rings. The van der Waals surface area contributed by atoms with Gasteiger partial charge in [-0.15, -0.1) is 11.3 Å². The second-order valence-corrected chi connectivity index (χ2v) is 5.40. The fourth-order valence-electron chi connectivity index (χ4n) is 1.85. The van der Waals surface area contributed by atoms with Crippen LogP contribution in [-0.2, 0) is 12.8 Å². The Morgan fingerprint density at radius 2 is 1.88 bits per heavy atom. The van der Waals surface area contributed by atoms with Crippen molar-refractivity contribution in [1.82, 2.24) is 0 Å². The van der Waals surface area contributed by atoms with Crippen molar-refractivity contribution in [2.75, 3.05) is 0 Å². The molecule has 0 bridgehead atoms. The van der Waals surface area contributed by atoms with Crippen LogP contribution in [0.5, 0.6) is 0 Å². The highest BCUT2D eigenvalue weighted by atomic mass is 32.1. The van der Waals surface area contributed by atoms with Gasteiger partial charge in [0.1, 0.15) is 0 Å². The Balaban J connectivity index is 1.91. The van der Waals surface area contributed by atoms with Gasteiger partial charge in [0.05, 0.1) is 6.10 Å². The SMILES string of the molecule is CCc1ccc(C(O)CCc2ccccc2)s1. The third-order valence-corrected chi connectivity index (χ3v) is 4.24. The fraction of sp³-hybridized carbons (Fsp3) is 0.333. The van der Waals surface area contributed by atoms with Gasteiger partial charge in [0, 0.05) is 9.75 Å². The van der Waals surface area contributed by atoms with Crippen LogP contribution in [0.1, 0.15) is 34.8 Å². The molecule has 0 radical (unpaired) electrons. The van der Waals surface area contributed by atoms with Crippen LogP contribution >= 0.6 is 11.3 Å². The van der Waals surface area contributed by atoms with Gasteiger partial charge < -0.3 is 5.11 Å². The lowest BCUT2D eigenvalue weighted by Gasteiger charge is -2.08. The van der Waals surface area contributed by atoms with Crippen molar-refractivity contribution >= 4 is 11.3 Å². The van der Waals surface area contributed by atoms with E-state index in [1.807, 2.05) is 18.2 Å². The Bertz CT molecular complexity index is 447. The van der Waals surface area contributed by atoms with Crippen molar-refractivity contribution in [3.05, 3.63) is 57.8 Å². The van der Waals surface area contributed by atoms with E-state index in [1.165, 1.54) is 10.4 Å². The Labute approximate surface area is 107 Å². The zero-order valence-electron chi connectivity index (χ0n) is 10.1. The van der Waals surface area contributed by atoms with Crippen LogP contribution in [0.4, 0.5) is 0 Å². The molecule has 90 valence electrons. The van der Waals surface area contributed by atoms with E-state index in [-0.39, 0.29) is 6.10 Å². The molecule has 0 amide bonds. The van der Waals surface area contributed by atoms with Crippen LogP contribution in [0, 0.1) is 0 Å². The first kappa shape index (κ1) is 12.3. The van der Waals surface area contributed by atoms with E-state index in [0.29, 0.717) is 0 Å². The third-order valence-electron chi connectivity index (χ3n) is 2.91. The fourth-order valence-corrected chi connectivity index (χ4v) is 2.83. The minimum atomic E-state index is -0.319. The largest absolute Gasteiger partial charge is 0.388 e. The molecular weight excluding hydrogens is 228 g/mol. The Hall–Kier alpha value is -1.12. The number of hydrogen-bond donors (Lipinski definition) is 1. The van der Waals surface area contributed by atoms with Gasteiger partial charge in [0.15, 0.2) is 0 Å². The molecule has 0 fully saturated rings. The standard InChI is InChI=1S/C15H18OS/c1-2-13-9-11-15(17-13)14(16)10-8-12-6-4-3-5-7-12/h3-7,9,11,14,16H,2,8,10H2,1H3. The van der Waals surface area contributed by atoms with Gasteiger partial charge in [-0.3, -0.25) is 0 Å². The molecule has 0 saturated heterocycles. The lowest BCUT2D eigenvalue weighted by molar-refractivity contribution is 0.171. The van der Waals surface area contributed by atoms with Gasteiger partial charge in [0.25, 0.3) is 0 Å². The highest BCUT2D eigenvalue weighted by molar-refractivity contribution is 7.12. The highest BCUT2D eigenvalue weighted by Crippen LogP contribution is 2.26. The van der Waals surface area contributed by atoms with E-state index < -0.39 is 0 Å². The van der Waals surface area contributed by atoms with Crippen LogP contribution in [-0.4, -0.2) is 5.11 Å². The van der Waals surface area contributed by atoms with Crippen LogP contribution in [0.15, 0.2) is 42.5 Å². The van der Waals surface area contributed by atoms with Crippen LogP contribution < -0.4 is 0 Å². The first-order valence-corrected chi connectivity index (χ1v) is 6.92. The summed E-state index contributed by atoms with van der Waals surface area (Å²) in [4.78, 5) is 2.44. The summed E-state index contributed by atoms with van der Waals surface area (Å²) in [6.07, 6.45) is 2.46. The molecule has 1 unspecified atom stereocenters. The maximum atomic E-state index is 10.1. The first-order chi connectivity index (χ1) is 8.29. The zero-order chi connectivity index (χ0) is 12.1. The number of benzene rings is 1. The summed E-state index contributed by atoms with van der Waals surface area (Å²) in [7, 11) is 0. The van der Waals surface area contributed by atoms with Gasteiger partial charge in [-0.1, -0.05) is 37.3 Å². The summed E-state index contributed by atoms with van der Waals surface area (Å²) < 4.78 is 0. The number of aliphatic hydroxyl groups is 1. The van der Waals surface area contributed by atoms with Gasteiger partial charge in [-0.25, -0.2) is 0 Å². The molecule has 1 nitrogen and oxygen atoms in total. The minimum Gasteiger partial charge on any atom is -0.388 e. The summed E-state index contributed by atoms with van der Waals surface area (Å²) in [6.45, 7) is 2.14. The first-order valence-electron chi connectivity index (χ1n) is 6.10. The molecule has 0 saturated carbocycles. The Kier molecular flexibility index (Phi) is 4.35. The van der Waals surface area contributed by atoms with E-state index >= 15 is 0 Å². The molecular formula is C15H18OS. The normalized spacial score (nSPS) is 12.6. The van der Waals surface area contributed by atoms with Gasteiger partial charge in [-0.2, -0.15) is 0 Å². The van der Waals surface area contributed by atoms with Crippen molar-refractivity contribution in [1.29, 1.82) is 0 Å². The predicted octanol–water partition coefficient (Wildman–Crippen LogP) is 3.98. The quantitative estimate of drug-likeness (QED) is 0.846. The molecule has 0 aliphatic carbocycles. The molecule has 0 aliphatic heterocycles. The van der Waals surface area contributed by atoms with Crippen molar-refractivity contribution in [2.24, 2.45) is 0 Å². The summed E-state index contributed by atoms with van der Waals surface area (Å²) in [5.41, 5.74) is 1.29. The van der Waals surface area contributed by atoms with Crippen molar-refractivity contribution in [3.63, 3.8) is 0 Å². The van der Waals surface area contributed by atoms with E-state index in [1.54, 1.807) is 11.3 Å². The summed E-state index contributed by atoms with van der Waals surface area (Å²) in [5, 5.41) is 10.1. The maximum Gasteiger partial charge on any atom is 0.0885 e. The number of thiophene rings is 1. The molecule has 1 atom stereocenters. The Morgan fingerprint density at radius 1 is 1.12 bits per heavy atom.